The predicted octanol–water partition coefficient (Wildman–Crippen LogP) is 3.75. The molecule has 27 heavy (non-hydrogen) atoms. The molecule has 0 unspecified atom stereocenters. The second kappa shape index (κ2) is 7.46. The number of hydrogen-bond acceptors (Lipinski definition) is 5. The average molecular weight is 384 g/mol. The summed E-state index contributed by atoms with van der Waals surface area (Å²) >= 11 is 1.46. The summed E-state index contributed by atoms with van der Waals surface area (Å²) in [6, 6.07) is 8.00. The summed E-state index contributed by atoms with van der Waals surface area (Å²) in [5.41, 5.74) is 1.74. The van der Waals surface area contributed by atoms with Crippen LogP contribution in [0.1, 0.15) is 45.4 Å². The maximum absolute atomic E-state index is 12.6. The van der Waals surface area contributed by atoms with Gasteiger partial charge in [-0.1, -0.05) is 44.7 Å². The molecule has 0 bridgehead atoms. The van der Waals surface area contributed by atoms with E-state index in [9.17, 15) is 4.79 Å². The molecular formula is C20H25N5OS. The van der Waals surface area contributed by atoms with Crippen LogP contribution in [0.4, 0.5) is 0 Å². The molecular weight excluding hydrogens is 358 g/mol. The summed E-state index contributed by atoms with van der Waals surface area (Å²) in [6.07, 6.45) is 2.31. The zero-order chi connectivity index (χ0) is 19.0. The summed E-state index contributed by atoms with van der Waals surface area (Å²) in [4.78, 5) is 19.5. The molecule has 1 atom stereocenters. The van der Waals surface area contributed by atoms with E-state index in [1.54, 1.807) is 0 Å². The lowest BCUT2D eigenvalue weighted by atomic mass is 10.0. The van der Waals surface area contributed by atoms with Gasteiger partial charge in [-0.2, -0.15) is 0 Å². The molecule has 1 aliphatic heterocycles. The minimum absolute atomic E-state index is 0.183. The minimum Gasteiger partial charge on any atom is -0.342 e. The number of carbonyl (C=O) groups excluding carboxylic acids is 1. The van der Waals surface area contributed by atoms with E-state index in [-0.39, 0.29) is 11.8 Å². The number of carbonyl (C=O) groups is 1. The van der Waals surface area contributed by atoms with Crippen LogP contribution in [0.5, 0.6) is 0 Å². The number of piperidine rings is 1. The first-order valence-electron chi connectivity index (χ1n) is 9.59. The molecule has 1 fully saturated rings. The maximum Gasteiger partial charge on any atom is 0.233 e. The van der Waals surface area contributed by atoms with Gasteiger partial charge in [0, 0.05) is 24.4 Å². The van der Waals surface area contributed by atoms with E-state index in [0.717, 1.165) is 47.0 Å². The third-order valence-electron chi connectivity index (χ3n) is 5.09. The van der Waals surface area contributed by atoms with Crippen LogP contribution in [0.3, 0.4) is 0 Å². The van der Waals surface area contributed by atoms with Crippen molar-refractivity contribution in [2.75, 3.05) is 18.8 Å². The summed E-state index contributed by atoms with van der Waals surface area (Å²) in [7, 11) is 0. The van der Waals surface area contributed by atoms with Crippen LogP contribution in [0.15, 0.2) is 29.4 Å². The van der Waals surface area contributed by atoms with Crippen molar-refractivity contribution in [3.8, 4) is 0 Å². The molecule has 3 aromatic rings. The van der Waals surface area contributed by atoms with Crippen molar-refractivity contribution < 1.29 is 4.79 Å². The molecule has 0 aliphatic carbocycles. The van der Waals surface area contributed by atoms with Crippen molar-refractivity contribution in [2.24, 2.45) is 5.92 Å². The lowest BCUT2D eigenvalue weighted by Crippen LogP contribution is -2.40. The number of hydrogen-bond donors (Lipinski definition) is 0. The minimum atomic E-state index is 0.183. The Morgan fingerprint density at radius 2 is 2.11 bits per heavy atom. The Morgan fingerprint density at radius 3 is 2.89 bits per heavy atom. The smallest absolute Gasteiger partial charge is 0.233 e. The van der Waals surface area contributed by atoms with Crippen LogP contribution in [0, 0.1) is 5.92 Å². The quantitative estimate of drug-likeness (QED) is 0.642. The lowest BCUT2D eigenvalue weighted by Gasteiger charge is -2.30. The van der Waals surface area contributed by atoms with Crippen LogP contribution in [-0.2, 0) is 4.79 Å². The normalized spacial score (nSPS) is 17.9. The third kappa shape index (κ3) is 3.52. The van der Waals surface area contributed by atoms with Gasteiger partial charge in [0.15, 0.2) is 10.8 Å². The number of aromatic nitrogens is 4. The second-order valence-corrected chi connectivity index (χ2v) is 8.60. The highest BCUT2D eigenvalue weighted by molar-refractivity contribution is 7.99. The van der Waals surface area contributed by atoms with Gasteiger partial charge in [0.05, 0.1) is 11.3 Å². The van der Waals surface area contributed by atoms with Crippen LogP contribution in [-0.4, -0.2) is 49.2 Å². The monoisotopic (exact) mass is 383 g/mol. The molecule has 142 valence electrons. The molecule has 0 N–H and O–H groups in total. The van der Waals surface area contributed by atoms with Crippen molar-refractivity contribution in [3.63, 3.8) is 0 Å². The van der Waals surface area contributed by atoms with Gasteiger partial charge < -0.3 is 4.90 Å². The zero-order valence-corrected chi connectivity index (χ0v) is 16.9. The fourth-order valence-electron chi connectivity index (χ4n) is 3.70. The first kappa shape index (κ1) is 18.2. The van der Waals surface area contributed by atoms with Gasteiger partial charge in [0.1, 0.15) is 5.82 Å². The molecule has 1 saturated heterocycles. The van der Waals surface area contributed by atoms with Gasteiger partial charge in [-0.3, -0.25) is 9.20 Å². The summed E-state index contributed by atoms with van der Waals surface area (Å²) in [5, 5.41) is 10.5. The van der Waals surface area contributed by atoms with Crippen LogP contribution in [0.2, 0.25) is 0 Å². The SMILES string of the molecule is CC(C)c1nc2ccccc2c2nnc(SCC(=O)N3CCC[C@H](C)C3)n12. The number of fused-ring (bicyclic) bond motifs is 3. The Morgan fingerprint density at radius 1 is 1.30 bits per heavy atom. The molecule has 0 saturated carbocycles. The Kier molecular flexibility index (Phi) is 5.04. The fraction of sp³-hybridized carbons (Fsp3) is 0.500. The highest BCUT2D eigenvalue weighted by Crippen LogP contribution is 2.27. The van der Waals surface area contributed by atoms with E-state index in [4.69, 9.17) is 4.98 Å². The van der Waals surface area contributed by atoms with Crippen molar-refractivity contribution >= 4 is 34.2 Å². The van der Waals surface area contributed by atoms with E-state index >= 15 is 0 Å². The first-order chi connectivity index (χ1) is 13.0. The third-order valence-corrected chi connectivity index (χ3v) is 6.01. The number of nitrogens with zero attached hydrogens (tertiary/aromatic N) is 5. The molecule has 1 aliphatic rings. The summed E-state index contributed by atoms with van der Waals surface area (Å²) in [5.74, 6) is 2.31. The highest BCUT2D eigenvalue weighted by Gasteiger charge is 2.23. The molecule has 3 heterocycles. The van der Waals surface area contributed by atoms with Gasteiger partial charge in [-0.05, 0) is 30.9 Å². The van der Waals surface area contributed by atoms with Crippen LogP contribution in [0.25, 0.3) is 16.6 Å². The molecule has 2 aromatic heterocycles. The summed E-state index contributed by atoms with van der Waals surface area (Å²) in [6.45, 7) is 8.18. The zero-order valence-electron chi connectivity index (χ0n) is 16.1. The van der Waals surface area contributed by atoms with Gasteiger partial charge in [0.25, 0.3) is 0 Å². The summed E-state index contributed by atoms with van der Waals surface area (Å²) < 4.78 is 2.02. The largest absolute Gasteiger partial charge is 0.342 e. The topological polar surface area (TPSA) is 63.4 Å². The molecule has 0 radical (unpaired) electrons. The number of benzene rings is 1. The molecule has 4 rings (SSSR count). The highest BCUT2D eigenvalue weighted by atomic mass is 32.2. The van der Waals surface area contributed by atoms with E-state index in [1.165, 1.54) is 18.2 Å². The second-order valence-electron chi connectivity index (χ2n) is 7.66. The van der Waals surface area contributed by atoms with Crippen molar-refractivity contribution in [3.05, 3.63) is 30.1 Å². The van der Waals surface area contributed by atoms with Crippen molar-refractivity contribution in [1.82, 2.24) is 24.5 Å². The lowest BCUT2D eigenvalue weighted by molar-refractivity contribution is -0.130. The predicted molar refractivity (Wildman–Crippen MR) is 108 cm³/mol. The number of amides is 1. The van der Waals surface area contributed by atoms with E-state index in [1.807, 2.05) is 33.6 Å². The van der Waals surface area contributed by atoms with Crippen molar-refractivity contribution in [2.45, 2.75) is 44.7 Å². The number of para-hydroxylation sites is 1. The molecule has 7 heteroatoms. The number of thioether (sulfide) groups is 1. The van der Waals surface area contributed by atoms with Crippen LogP contribution >= 0.6 is 11.8 Å². The molecule has 6 nitrogen and oxygen atoms in total. The number of likely N-dealkylation sites (tertiary alicyclic amines) is 1. The van der Waals surface area contributed by atoms with Crippen LogP contribution < -0.4 is 0 Å². The number of rotatable bonds is 4. The molecule has 1 amide bonds. The van der Waals surface area contributed by atoms with Gasteiger partial charge >= 0.3 is 0 Å². The van der Waals surface area contributed by atoms with Gasteiger partial charge in [0.2, 0.25) is 5.91 Å². The van der Waals surface area contributed by atoms with E-state index in [0.29, 0.717) is 11.7 Å². The maximum atomic E-state index is 12.6. The molecule has 0 spiro atoms. The van der Waals surface area contributed by atoms with E-state index in [2.05, 4.69) is 31.0 Å². The Balaban J connectivity index is 1.64. The van der Waals surface area contributed by atoms with Gasteiger partial charge in [-0.15, -0.1) is 10.2 Å². The Hall–Kier alpha value is -2.15. The molecule has 1 aromatic carbocycles. The first-order valence-corrected chi connectivity index (χ1v) is 10.6. The Labute approximate surface area is 163 Å². The van der Waals surface area contributed by atoms with Crippen molar-refractivity contribution in [1.29, 1.82) is 0 Å². The van der Waals surface area contributed by atoms with Gasteiger partial charge in [-0.25, -0.2) is 4.98 Å². The standard InChI is InChI=1S/C20H25N5OS/c1-13(2)18-21-16-9-5-4-8-15(16)19-22-23-20(25(18)19)27-12-17(26)24-10-6-7-14(3)11-24/h4-5,8-9,13-14H,6-7,10-12H2,1-3H3/t14-/m0/s1. The fourth-order valence-corrected chi connectivity index (χ4v) is 4.54. The van der Waals surface area contributed by atoms with E-state index < -0.39 is 0 Å². The average Bonchev–Trinajstić information content (AvgIpc) is 3.09. The Bertz CT molecular complexity index is 983.